The molecule has 0 saturated carbocycles. The molecule has 0 aromatic rings. The molecule has 0 aromatic heterocycles. The van der Waals surface area contributed by atoms with Gasteiger partial charge in [-0.05, 0) is 44.9 Å². The number of primary amides is 1. The van der Waals surface area contributed by atoms with E-state index in [4.69, 9.17) is 29.8 Å². The summed E-state index contributed by atoms with van der Waals surface area (Å²) < 4.78 is 21.2. The van der Waals surface area contributed by atoms with Crippen LogP contribution in [0.25, 0.3) is 0 Å². The molecule has 0 aliphatic heterocycles. The molecule has 564 valence electrons. The number of aliphatic carboxylic acids is 6. The van der Waals surface area contributed by atoms with E-state index in [-0.39, 0.29) is 129 Å². The van der Waals surface area contributed by atoms with Crippen molar-refractivity contribution in [2.75, 3.05) is 77.5 Å². The summed E-state index contributed by atoms with van der Waals surface area (Å²) in [6, 6.07) is -7.54. The van der Waals surface area contributed by atoms with Crippen LogP contribution in [-0.2, 0) is 95.7 Å². The van der Waals surface area contributed by atoms with E-state index in [0.29, 0.717) is 6.42 Å². The van der Waals surface area contributed by atoms with Gasteiger partial charge in [0.05, 0.1) is 51.6 Å². The van der Waals surface area contributed by atoms with E-state index in [1.807, 2.05) is 0 Å². The molecule has 0 aromatic carbocycles. The third-order valence-corrected chi connectivity index (χ3v) is 16.0. The summed E-state index contributed by atoms with van der Waals surface area (Å²) in [5.41, 5.74) is 5.22. The summed E-state index contributed by atoms with van der Waals surface area (Å²) in [7, 11) is 0. The fraction of sp³-hybridized carbons (Fsp3) is 0.746. The normalized spacial score (nSPS) is 13.2. The Morgan fingerprint density at radius 2 is 0.626 bits per heavy atom. The van der Waals surface area contributed by atoms with Crippen molar-refractivity contribution in [1.29, 1.82) is 0 Å². The van der Waals surface area contributed by atoms with E-state index in [2.05, 4.69) is 62.5 Å². The number of nitrogens with two attached hydrogens (primary N) is 1. The average molecular weight is 1450 g/mol. The van der Waals surface area contributed by atoms with Crippen LogP contribution >= 0.6 is 25.3 Å². The Morgan fingerprint density at radius 3 is 0.990 bits per heavy atom. The highest BCUT2D eigenvalue weighted by Gasteiger charge is 2.31. The quantitative estimate of drug-likeness (QED) is 0.0296. The molecule has 0 heterocycles. The van der Waals surface area contributed by atoms with Crippen LogP contribution in [0.4, 0.5) is 0 Å². The third kappa shape index (κ3) is 50.4. The lowest BCUT2D eigenvalue weighted by molar-refractivity contribution is -0.144. The molecule has 15 N–H and O–H groups in total. The van der Waals surface area contributed by atoms with Crippen molar-refractivity contribution < 1.29 is 126 Å². The minimum Gasteiger partial charge on any atom is -0.481 e. The second-order valence-electron chi connectivity index (χ2n) is 23.4. The third-order valence-electron chi connectivity index (χ3n) is 15.1. The van der Waals surface area contributed by atoms with E-state index in [1.165, 1.54) is 0 Å². The molecule has 8 amide bonds. The van der Waals surface area contributed by atoms with Crippen molar-refractivity contribution in [3.05, 3.63) is 0 Å². The summed E-state index contributed by atoms with van der Waals surface area (Å²) >= 11 is 8.07. The van der Waals surface area contributed by atoms with Crippen molar-refractivity contribution in [1.82, 2.24) is 37.2 Å². The van der Waals surface area contributed by atoms with Crippen LogP contribution in [0.1, 0.15) is 180 Å². The first-order valence-electron chi connectivity index (χ1n) is 33.3. The van der Waals surface area contributed by atoms with Crippen LogP contribution in [0.2, 0.25) is 0 Å². The number of carboxylic acid groups (broad SMARTS) is 6. The molecular weight excluding hydrogens is 1350 g/mol. The average Bonchev–Trinajstić information content (AvgIpc) is 0.937. The minimum atomic E-state index is -1.69. The maximum absolute atomic E-state index is 13.1. The molecular formula is C63H104N8O26S2. The second kappa shape index (κ2) is 57.2. The van der Waals surface area contributed by atoms with Gasteiger partial charge in [-0.15, -0.1) is 0 Å². The van der Waals surface area contributed by atoms with Crippen molar-refractivity contribution >= 4 is 120 Å². The topological polar surface area (TPSA) is 542 Å². The fourth-order valence-corrected chi connectivity index (χ4v) is 10.1. The molecule has 0 fully saturated rings. The van der Waals surface area contributed by atoms with E-state index < -0.39 is 175 Å². The number of rotatable bonds is 66. The van der Waals surface area contributed by atoms with Gasteiger partial charge in [0.1, 0.15) is 43.2 Å². The zero-order chi connectivity index (χ0) is 74.3. The van der Waals surface area contributed by atoms with Gasteiger partial charge in [0, 0.05) is 88.3 Å². The zero-order valence-corrected chi connectivity index (χ0v) is 57.9. The summed E-state index contributed by atoms with van der Waals surface area (Å²) in [6.45, 7) is -0.654. The Morgan fingerprint density at radius 1 is 0.313 bits per heavy atom. The maximum Gasteiger partial charge on any atom is 0.326 e. The first-order chi connectivity index (χ1) is 47.1. The van der Waals surface area contributed by atoms with Crippen LogP contribution in [0.15, 0.2) is 0 Å². The predicted octanol–water partition coefficient (Wildman–Crippen LogP) is 0.855. The largest absolute Gasteiger partial charge is 0.481 e. The van der Waals surface area contributed by atoms with Crippen LogP contribution in [-0.4, -0.2) is 233 Å². The van der Waals surface area contributed by atoms with Gasteiger partial charge in [-0.25, -0.2) is 19.2 Å². The molecule has 7 atom stereocenters. The van der Waals surface area contributed by atoms with Gasteiger partial charge in [0.25, 0.3) is 0 Å². The first-order valence-corrected chi connectivity index (χ1v) is 34.6. The smallest absolute Gasteiger partial charge is 0.326 e. The number of thiol groups is 2. The number of carbonyl (C=O) groups is 16. The van der Waals surface area contributed by atoms with Gasteiger partial charge in [-0.1, -0.05) is 77.0 Å². The Balaban J connectivity index is 4.47. The van der Waals surface area contributed by atoms with Gasteiger partial charge in [-0.3, -0.25) is 57.5 Å². The molecule has 0 unspecified atom stereocenters. The standard InChI is InChI=1S/C63H104N8O26S2/c64-50(74)22-17-43(49(73)35-41(39-98)48(72)36-42(40-99)59(84)85)67-57(81)38-97-34-32-95-30-28-66-56(80)37-96-33-31-94-29-27-65-51(75)23-18-44(60(86)87)69-53(77)25-20-46(62(90)91)71-55(79)26-21-47(63(92)93)70-54(78)24-19-45(61(88)89)68-52(76)15-13-11-9-7-5-3-1-2-4-6-8-10-12-14-16-58(82)83/h41-47,98-99H,1-40H2,(H2,64,74)(H,65,75)(H,66,80)(H,67,81)(H,68,76)(H,69,77)(H,70,78)(H,71,79)(H,82,83)(H,84,85)(H,86,87)(H,88,89)(H,90,91)(H,92,93)/t41-,42-,43-,44-,45-,46-,47-/m0/s1. The molecule has 0 saturated heterocycles. The molecule has 36 heteroatoms. The Bertz CT molecular complexity index is 2550. The molecule has 0 spiro atoms. The van der Waals surface area contributed by atoms with E-state index in [1.54, 1.807) is 0 Å². The van der Waals surface area contributed by atoms with E-state index >= 15 is 0 Å². The van der Waals surface area contributed by atoms with Crippen LogP contribution in [0.3, 0.4) is 0 Å². The molecule has 0 radical (unpaired) electrons. The zero-order valence-electron chi connectivity index (χ0n) is 56.1. The molecule has 34 nitrogen and oxygen atoms in total. The Kier molecular flexibility index (Phi) is 52.9. The summed E-state index contributed by atoms with van der Waals surface area (Å²) in [5, 5.41) is 73.1. The number of nitrogens with one attached hydrogen (secondary N) is 7. The van der Waals surface area contributed by atoms with Crippen molar-refractivity contribution in [2.24, 2.45) is 17.6 Å². The summed E-state index contributed by atoms with van der Waals surface area (Å²) in [4.78, 5) is 194. The fourth-order valence-electron chi connectivity index (χ4n) is 9.46. The molecule has 0 bridgehead atoms. The Hall–Kier alpha value is -7.54. The maximum atomic E-state index is 13.1. The molecule has 0 aliphatic carbocycles. The highest BCUT2D eigenvalue weighted by molar-refractivity contribution is 7.80. The van der Waals surface area contributed by atoms with Gasteiger partial charge in [0.2, 0.25) is 47.3 Å². The van der Waals surface area contributed by atoms with Crippen molar-refractivity contribution in [3.63, 3.8) is 0 Å². The van der Waals surface area contributed by atoms with Gasteiger partial charge in [0.15, 0.2) is 5.78 Å². The molecule has 0 aliphatic rings. The highest BCUT2D eigenvalue weighted by Crippen LogP contribution is 2.19. The molecule has 0 rings (SSSR count). The Labute approximate surface area is 586 Å². The highest BCUT2D eigenvalue weighted by atomic mass is 32.1. The summed E-state index contributed by atoms with van der Waals surface area (Å²) in [5.74, 6) is -17.1. The number of carboxylic acids is 6. The number of amides is 8. The second-order valence-corrected chi connectivity index (χ2v) is 24.2. The van der Waals surface area contributed by atoms with Gasteiger partial charge in [-0.2, -0.15) is 25.3 Å². The number of ether oxygens (including phenoxy) is 4. The lowest BCUT2D eigenvalue weighted by Gasteiger charge is -2.21. The lowest BCUT2D eigenvalue weighted by Crippen LogP contribution is -2.45. The SMILES string of the molecule is NC(=O)CC[C@H](NC(=O)COCCOCCNC(=O)COCCOCCNC(=O)CC[C@H](NC(=O)CC[C@H](NC(=O)CC[C@H](NC(=O)CC[C@H](NC(=O)CCCCCCCCCCCCCCCCC(=O)O)C(=O)O)C(=O)O)C(=O)O)C(=O)O)C(=O)C[C@@H](CS)C(=O)C[C@@H](CS)C(=O)O. The lowest BCUT2D eigenvalue weighted by atomic mass is 9.90. The first kappa shape index (κ1) is 91.5. The number of unbranched alkanes of at least 4 members (excludes halogenated alkanes) is 13. The van der Waals surface area contributed by atoms with Crippen molar-refractivity contribution in [3.8, 4) is 0 Å². The molecule has 99 heavy (non-hydrogen) atoms. The van der Waals surface area contributed by atoms with Crippen LogP contribution < -0.4 is 43.0 Å². The van der Waals surface area contributed by atoms with E-state index in [9.17, 15) is 102 Å². The summed E-state index contributed by atoms with van der Waals surface area (Å²) in [6.07, 6.45) is 9.14. The number of ketones is 2. The number of hydrogen-bond acceptors (Lipinski definition) is 22. The van der Waals surface area contributed by atoms with Gasteiger partial charge < -0.3 is 92.5 Å². The minimum absolute atomic E-state index is 0.000508. The van der Waals surface area contributed by atoms with Gasteiger partial charge >= 0.3 is 35.8 Å². The van der Waals surface area contributed by atoms with Crippen LogP contribution in [0.5, 0.6) is 0 Å². The van der Waals surface area contributed by atoms with Crippen molar-refractivity contribution in [2.45, 2.75) is 210 Å². The van der Waals surface area contributed by atoms with Crippen LogP contribution in [0, 0.1) is 11.8 Å². The number of Topliss-reactive ketones (excluding diaryl/α,β-unsaturated/α-hetero) is 2. The van der Waals surface area contributed by atoms with E-state index in [0.717, 1.165) is 83.5 Å². The predicted molar refractivity (Wildman–Crippen MR) is 358 cm³/mol. The number of hydrogen-bond donors (Lipinski definition) is 16. The monoisotopic (exact) mass is 1450 g/mol. The number of carbonyl (C=O) groups excluding carboxylic acids is 10.